The van der Waals surface area contributed by atoms with Crippen molar-refractivity contribution in [3.63, 3.8) is 0 Å². The van der Waals surface area contributed by atoms with Crippen molar-refractivity contribution in [3.05, 3.63) is 66.2 Å². The van der Waals surface area contributed by atoms with Crippen LogP contribution < -0.4 is 10.6 Å². The number of benzene rings is 1. The molecule has 2 aliphatic rings. The Morgan fingerprint density at radius 1 is 1.02 bits per heavy atom. The molecule has 0 spiro atoms. The lowest BCUT2D eigenvalue weighted by Crippen LogP contribution is -2.37. The molecule has 0 radical (unpaired) electrons. The van der Waals surface area contributed by atoms with Gasteiger partial charge in [0.1, 0.15) is 11.2 Å². The second-order valence-electron chi connectivity index (χ2n) is 10.9. The molecule has 2 N–H and O–H groups in total. The molecule has 1 aliphatic heterocycles. The van der Waals surface area contributed by atoms with Crippen LogP contribution in [0.15, 0.2) is 53.6 Å². The summed E-state index contributed by atoms with van der Waals surface area (Å²) < 4.78 is 66.9. The minimum Gasteiger partial charge on any atom is -0.379 e. The average molecular weight is 615 g/mol. The van der Waals surface area contributed by atoms with Gasteiger partial charge >= 0.3 is 6.18 Å². The number of amides is 1. The number of nitrogens with one attached hydrogen (secondary N) is 2. The van der Waals surface area contributed by atoms with E-state index in [0.717, 1.165) is 57.6 Å². The number of morpholine rings is 1. The van der Waals surface area contributed by atoms with Crippen molar-refractivity contribution in [2.75, 3.05) is 43.5 Å². The van der Waals surface area contributed by atoms with Gasteiger partial charge in [0.15, 0.2) is 11.6 Å². The number of aryl methyl sites for hydroxylation is 1. The predicted molar refractivity (Wildman–Crippen MR) is 151 cm³/mol. The van der Waals surface area contributed by atoms with E-state index in [1.54, 1.807) is 24.7 Å². The van der Waals surface area contributed by atoms with Crippen LogP contribution in [0.25, 0.3) is 11.1 Å². The first-order chi connectivity index (χ1) is 21.2. The molecule has 1 aromatic carbocycles. The van der Waals surface area contributed by atoms with Gasteiger partial charge in [0.25, 0.3) is 0 Å². The van der Waals surface area contributed by atoms with E-state index in [1.165, 1.54) is 12.1 Å². The van der Waals surface area contributed by atoms with E-state index in [9.17, 15) is 22.4 Å². The number of carbonyl (C=O) groups is 1. The maximum absolute atomic E-state index is 14.9. The number of hydrogen-bond acceptors (Lipinski definition) is 9. The van der Waals surface area contributed by atoms with Crippen LogP contribution in [0.5, 0.6) is 0 Å². The van der Waals surface area contributed by atoms with Gasteiger partial charge < -0.3 is 19.9 Å². The number of nitrogens with zero attached hydrogens (tertiary/aromatic N) is 6. The molecule has 0 atom stereocenters. The van der Waals surface area contributed by atoms with Gasteiger partial charge in [0, 0.05) is 56.4 Å². The molecular weight excluding hydrogens is 584 g/mol. The summed E-state index contributed by atoms with van der Waals surface area (Å²) in [7, 11) is 0. The predicted octanol–water partition coefficient (Wildman–Crippen LogP) is 4.71. The Kier molecular flexibility index (Phi) is 8.31. The maximum Gasteiger partial charge on any atom is 0.401 e. The van der Waals surface area contributed by atoms with Crippen LogP contribution in [0.4, 0.5) is 35.0 Å². The lowest BCUT2D eigenvalue weighted by atomic mass is 10.0. The number of carbonyl (C=O) groups excluding carboxylic acids is 1. The monoisotopic (exact) mass is 614 g/mol. The Labute approximate surface area is 249 Å². The summed E-state index contributed by atoms with van der Waals surface area (Å²) in [4.78, 5) is 23.5. The Morgan fingerprint density at radius 2 is 1.80 bits per heavy atom. The highest BCUT2D eigenvalue weighted by molar-refractivity contribution is 5.91. The summed E-state index contributed by atoms with van der Waals surface area (Å²) in [5, 5.41) is 13.4. The van der Waals surface area contributed by atoms with Gasteiger partial charge in [-0.25, -0.2) is 14.4 Å². The second kappa shape index (κ2) is 12.3. The van der Waals surface area contributed by atoms with Crippen molar-refractivity contribution in [2.45, 2.75) is 43.8 Å². The molecule has 3 aromatic heterocycles. The fourth-order valence-electron chi connectivity index (χ4n) is 5.09. The molecule has 15 heteroatoms. The van der Waals surface area contributed by atoms with Crippen LogP contribution in [0, 0.1) is 5.82 Å². The third-order valence-electron chi connectivity index (χ3n) is 7.79. The van der Waals surface area contributed by atoms with Crippen molar-refractivity contribution in [1.29, 1.82) is 0 Å². The van der Waals surface area contributed by atoms with Crippen LogP contribution in [0.3, 0.4) is 0 Å². The Bertz CT molecular complexity index is 1590. The van der Waals surface area contributed by atoms with Crippen molar-refractivity contribution in [1.82, 2.24) is 29.8 Å². The number of alkyl halides is 3. The highest BCUT2D eigenvalue weighted by Gasteiger charge is 2.66. The molecule has 6 rings (SSSR count). The first-order valence-corrected chi connectivity index (χ1v) is 14.2. The Hall–Kier alpha value is -4.37. The summed E-state index contributed by atoms with van der Waals surface area (Å²) in [5.41, 5.74) is -0.125. The molecule has 0 bridgehead atoms. The second-order valence-corrected chi connectivity index (χ2v) is 10.9. The zero-order valence-corrected chi connectivity index (χ0v) is 23.6. The molecule has 2 fully saturated rings. The normalized spacial score (nSPS) is 16.5. The molecule has 1 saturated heterocycles. The van der Waals surface area contributed by atoms with Crippen molar-refractivity contribution in [3.8, 4) is 11.1 Å². The molecular formula is C29H30F4N8O3. The van der Waals surface area contributed by atoms with Gasteiger partial charge in [0.2, 0.25) is 11.9 Å². The van der Waals surface area contributed by atoms with E-state index in [0.29, 0.717) is 17.1 Å². The molecule has 44 heavy (non-hydrogen) atoms. The number of halogens is 4. The van der Waals surface area contributed by atoms with E-state index < -0.39 is 23.3 Å². The Balaban J connectivity index is 1.00. The van der Waals surface area contributed by atoms with Crippen LogP contribution in [-0.2, 0) is 27.9 Å². The van der Waals surface area contributed by atoms with E-state index in [1.807, 2.05) is 10.9 Å². The average Bonchev–Trinajstić information content (AvgIpc) is 3.52. The summed E-state index contributed by atoms with van der Waals surface area (Å²) >= 11 is 0. The maximum atomic E-state index is 14.9. The van der Waals surface area contributed by atoms with E-state index in [2.05, 4.69) is 35.8 Å². The summed E-state index contributed by atoms with van der Waals surface area (Å²) in [6.45, 7) is 5.25. The smallest absolute Gasteiger partial charge is 0.379 e. The van der Waals surface area contributed by atoms with Gasteiger partial charge in [-0.3, -0.25) is 14.4 Å². The molecule has 1 saturated carbocycles. The quantitative estimate of drug-likeness (QED) is 0.231. The van der Waals surface area contributed by atoms with Crippen LogP contribution in [-0.4, -0.2) is 74.7 Å². The SMILES string of the molecule is O=C(Cc1ccc(-c2cnc(Nc3cnn(CCCN4CCOCC4)c3)nc2)cc1F)Nc1cc(C2(C(F)(F)F)CC2)on1. The fourth-order valence-corrected chi connectivity index (χ4v) is 5.09. The zero-order chi connectivity index (χ0) is 30.7. The van der Waals surface area contributed by atoms with E-state index >= 15 is 0 Å². The molecule has 1 aliphatic carbocycles. The summed E-state index contributed by atoms with van der Waals surface area (Å²) in [6.07, 6.45) is 2.66. The lowest BCUT2D eigenvalue weighted by Gasteiger charge is -2.26. The van der Waals surface area contributed by atoms with Crippen LogP contribution in [0.1, 0.15) is 30.6 Å². The lowest BCUT2D eigenvalue weighted by molar-refractivity contribution is -0.165. The molecule has 0 unspecified atom stereocenters. The van der Waals surface area contributed by atoms with Gasteiger partial charge in [0.05, 0.1) is 31.5 Å². The number of ether oxygens (including phenoxy) is 1. The molecule has 11 nitrogen and oxygen atoms in total. The molecule has 1 amide bonds. The molecule has 4 aromatic rings. The number of anilines is 3. The third-order valence-corrected chi connectivity index (χ3v) is 7.79. The Morgan fingerprint density at radius 3 is 2.50 bits per heavy atom. The van der Waals surface area contributed by atoms with Gasteiger partial charge in [-0.1, -0.05) is 17.3 Å². The largest absolute Gasteiger partial charge is 0.401 e. The first-order valence-electron chi connectivity index (χ1n) is 14.2. The van der Waals surface area contributed by atoms with Gasteiger partial charge in [-0.2, -0.15) is 18.3 Å². The highest BCUT2D eigenvalue weighted by atomic mass is 19.4. The highest BCUT2D eigenvalue weighted by Crippen LogP contribution is 2.59. The minimum atomic E-state index is -4.46. The number of hydrogen-bond donors (Lipinski definition) is 2. The molecule has 232 valence electrons. The van der Waals surface area contributed by atoms with E-state index in [4.69, 9.17) is 9.26 Å². The molecule has 4 heterocycles. The summed E-state index contributed by atoms with van der Waals surface area (Å²) in [5.74, 6) is -1.42. The van der Waals surface area contributed by atoms with Gasteiger partial charge in [-0.15, -0.1) is 0 Å². The topological polar surface area (TPSA) is 123 Å². The van der Waals surface area contributed by atoms with Crippen molar-refractivity contribution in [2.24, 2.45) is 0 Å². The summed E-state index contributed by atoms with van der Waals surface area (Å²) in [6, 6.07) is 5.42. The number of aromatic nitrogens is 5. The standard InChI is InChI=1S/C29H30F4N8O3/c30-23-12-19(2-3-20(23)13-26(42)38-25-14-24(44-39-25)28(4-5-28)29(31,32)33)21-15-34-27(35-16-21)37-22-17-36-41(18-22)7-1-6-40-8-10-43-11-9-40/h2-3,12,14-18H,1,4-11,13H2,(H,34,35,37)(H,38,39,42). The fraction of sp³-hybridized carbons (Fsp3) is 0.414. The third kappa shape index (κ3) is 6.73. The first kappa shape index (κ1) is 29.7. The van der Waals surface area contributed by atoms with Crippen molar-refractivity contribution >= 4 is 23.4 Å². The van der Waals surface area contributed by atoms with E-state index in [-0.39, 0.29) is 36.4 Å². The zero-order valence-electron chi connectivity index (χ0n) is 23.6. The van der Waals surface area contributed by atoms with Crippen LogP contribution >= 0.6 is 0 Å². The van der Waals surface area contributed by atoms with Gasteiger partial charge in [-0.05, 0) is 36.5 Å². The minimum absolute atomic E-state index is 0.0943. The number of rotatable bonds is 11. The van der Waals surface area contributed by atoms with Crippen molar-refractivity contribution < 1.29 is 31.6 Å². The van der Waals surface area contributed by atoms with Crippen LogP contribution in [0.2, 0.25) is 0 Å².